The van der Waals surface area contributed by atoms with Gasteiger partial charge >= 0.3 is 6.18 Å². The lowest BCUT2D eigenvalue weighted by Gasteiger charge is -2.22. The minimum Gasteiger partial charge on any atom is -0.290 e. The number of hydrogen-bond acceptors (Lipinski definition) is 1. The van der Waals surface area contributed by atoms with Gasteiger partial charge in [-0.05, 0) is 6.07 Å². The van der Waals surface area contributed by atoms with Crippen LogP contribution >= 0.6 is 15.9 Å². The molecule has 1 rings (SSSR count). The predicted molar refractivity (Wildman–Crippen MR) is 61.5 cm³/mol. The molecule has 1 aromatic rings. The lowest BCUT2D eigenvalue weighted by Crippen LogP contribution is -2.35. The van der Waals surface area contributed by atoms with Crippen molar-refractivity contribution in [1.82, 2.24) is 4.90 Å². The Labute approximate surface area is 106 Å². The van der Waals surface area contributed by atoms with Crippen molar-refractivity contribution in [1.29, 1.82) is 0 Å². The minimum absolute atomic E-state index is 0.0439. The number of alkyl halides is 4. The highest BCUT2D eigenvalue weighted by Gasteiger charge is 2.30. The van der Waals surface area contributed by atoms with Crippen molar-refractivity contribution in [2.24, 2.45) is 0 Å². The van der Waals surface area contributed by atoms with E-state index in [9.17, 15) is 17.6 Å². The Morgan fingerprint density at radius 3 is 2.35 bits per heavy atom. The third kappa shape index (κ3) is 5.50. The van der Waals surface area contributed by atoms with E-state index in [2.05, 4.69) is 15.9 Å². The molecule has 0 bridgehead atoms. The van der Waals surface area contributed by atoms with Crippen molar-refractivity contribution in [3.05, 3.63) is 35.6 Å². The van der Waals surface area contributed by atoms with Gasteiger partial charge in [-0.15, -0.1) is 0 Å². The maximum absolute atomic E-state index is 13.3. The summed E-state index contributed by atoms with van der Waals surface area (Å²) in [6, 6.07) is 5.86. The smallest absolute Gasteiger partial charge is 0.290 e. The normalized spacial score (nSPS) is 12.1. The van der Waals surface area contributed by atoms with Gasteiger partial charge in [-0.2, -0.15) is 13.2 Å². The monoisotopic (exact) mass is 313 g/mol. The number of nitrogens with zero attached hydrogens (tertiary/aromatic N) is 1. The van der Waals surface area contributed by atoms with E-state index in [1.165, 1.54) is 18.2 Å². The standard InChI is InChI=1S/C11H12BrF4N/c12-5-6-17(8-11(14,15)16)7-9-3-1-2-4-10(9)13/h1-4H,5-8H2. The molecule has 0 amide bonds. The lowest BCUT2D eigenvalue weighted by molar-refractivity contribution is -0.146. The summed E-state index contributed by atoms with van der Waals surface area (Å²) < 4.78 is 50.1. The lowest BCUT2D eigenvalue weighted by atomic mass is 10.2. The van der Waals surface area contributed by atoms with E-state index in [0.717, 1.165) is 4.90 Å². The number of benzene rings is 1. The zero-order valence-electron chi connectivity index (χ0n) is 8.97. The molecule has 0 fully saturated rings. The summed E-state index contributed by atoms with van der Waals surface area (Å²) in [5.41, 5.74) is 0.276. The fraction of sp³-hybridized carbons (Fsp3) is 0.455. The average Bonchev–Trinajstić information content (AvgIpc) is 2.19. The summed E-state index contributed by atoms with van der Waals surface area (Å²) in [6.07, 6.45) is -4.27. The van der Waals surface area contributed by atoms with Crippen LogP contribution in [0.1, 0.15) is 5.56 Å². The van der Waals surface area contributed by atoms with Gasteiger partial charge in [0.15, 0.2) is 0 Å². The number of hydrogen-bond donors (Lipinski definition) is 0. The Kier molecular flexibility index (Phi) is 5.39. The first-order valence-corrected chi connectivity index (χ1v) is 6.13. The van der Waals surface area contributed by atoms with Crippen molar-refractivity contribution in [3.8, 4) is 0 Å². The van der Waals surface area contributed by atoms with Crippen molar-refractivity contribution in [2.45, 2.75) is 12.7 Å². The molecule has 0 atom stereocenters. The Balaban J connectivity index is 2.70. The first-order valence-electron chi connectivity index (χ1n) is 5.01. The van der Waals surface area contributed by atoms with Crippen LogP contribution in [-0.4, -0.2) is 29.5 Å². The van der Waals surface area contributed by atoms with Gasteiger partial charge in [-0.25, -0.2) is 4.39 Å². The van der Waals surface area contributed by atoms with Gasteiger partial charge in [0.25, 0.3) is 0 Å². The van der Waals surface area contributed by atoms with E-state index in [4.69, 9.17) is 0 Å². The zero-order valence-corrected chi connectivity index (χ0v) is 10.6. The second-order valence-corrected chi connectivity index (χ2v) is 4.40. The van der Waals surface area contributed by atoms with Crippen molar-refractivity contribution >= 4 is 15.9 Å². The maximum atomic E-state index is 13.3. The van der Waals surface area contributed by atoms with Crippen LogP contribution in [0, 0.1) is 5.82 Å². The molecule has 0 unspecified atom stereocenters. The molecule has 0 spiro atoms. The van der Waals surface area contributed by atoms with Crippen LogP contribution in [0.5, 0.6) is 0 Å². The van der Waals surface area contributed by atoms with E-state index in [1.54, 1.807) is 6.07 Å². The fourth-order valence-corrected chi connectivity index (χ4v) is 1.96. The maximum Gasteiger partial charge on any atom is 0.401 e. The molecule has 17 heavy (non-hydrogen) atoms. The van der Waals surface area contributed by atoms with Crippen LogP contribution in [0.4, 0.5) is 17.6 Å². The summed E-state index contributed by atoms with van der Waals surface area (Å²) in [5.74, 6) is -0.478. The molecule has 0 saturated heterocycles. The van der Waals surface area contributed by atoms with E-state index in [0.29, 0.717) is 5.33 Å². The molecule has 0 N–H and O–H groups in total. The Hall–Kier alpha value is -0.620. The molecular formula is C11H12BrF4N. The van der Waals surface area contributed by atoms with E-state index in [-0.39, 0.29) is 18.7 Å². The molecule has 0 heterocycles. The molecule has 6 heteroatoms. The van der Waals surface area contributed by atoms with Gasteiger partial charge in [-0.1, -0.05) is 34.1 Å². The summed E-state index contributed by atoms with van der Waals surface area (Å²) in [6.45, 7) is -0.863. The second-order valence-electron chi connectivity index (χ2n) is 3.61. The molecule has 0 radical (unpaired) electrons. The fourth-order valence-electron chi connectivity index (χ4n) is 1.45. The van der Waals surface area contributed by atoms with Gasteiger partial charge in [0.05, 0.1) is 6.54 Å². The topological polar surface area (TPSA) is 3.24 Å². The van der Waals surface area contributed by atoms with Crippen molar-refractivity contribution in [3.63, 3.8) is 0 Å². The van der Waals surface area contributed by atoms with Gasteiger partial charge in [0, 0.05) is 24.0 Å². The first kappa shape index (κ1) is 14.4. The minimum atomic E-state index is -4.27. The first-order chi connectivity index (χ1) is 7.92. The Morgan fingerprint density at radius 2 is 1.82 bits per heavy atom. The van der Waals surface area contributed by atoms with E-state index < -0.39 is 18.5 Å². The SMILES string of the molecule is Fc1ccccc1CN(CCBr)CC(F)(F)F. The van der Waals surface area contributed by atoms with Gasteiger partial charge in [0.2, 0.25) is 0 Å². The Bertz CT molecular complexity index is 354. The third-order valence-electron chi connectivity index (χ3n) is 2.16. The van der Waals surface area contributed by atoms with E-state index >= 15 is 0 Å². The summed E-state index contributed by atoms with van der Waals surface area (Å²) in [5, 5.41) is 0.414. The highest BCUT2D eigenvalue weighted by Crippen LogP contribution is 2.19. The number of halogens is 5. The molecule has 1 nitrogen and oxygen atoms in total. The van der Waals surface area contributed by atoms with Crippen LogP contribution in [0.15, 0.2) is 24.3 Å². The molecule has 96 valence electrons. The second kappa shape index (κ2) is 6.35. The summed E-state index contributed by atoms with van der Waals surface area (Å²) in [7, 11) is 0. The van der Waals surface area contributed by atoms with E-state index in [1.807, 2.05) is 0 Å². The largest absolute Gasteiger partial charge is 0.401 e. The van der Waals surface area contributed by atoms with Gasteiger partial charge in [-0.3, -0.25) is 4.90 Å². The Morgan fingerprint density at radius 1 is 1.18 bits per heavy atom. The molecule has 0 aromatic heterocycles. The van der Waals surface area contributed by atoms with Crippen molar-refractivity contribution < 1.29 is 17.6 Å². The van der Waals surface area contributed by atoms with Crippen LogP contribution < -0.4 is 0 Å². The van der Waals surface area contributed by atoms with Gasteiger partial charge < -0.3 is 0 Å². The quantitative estimate of drug-likeness (QED) is 0.593. The molecule has 1 aromatic carbocycles. The molecule has 0 aliphatic carbocycles. The molecule has 0 aliphatic heterocycles. The van der Waals surface area contributed by atoms with Crippen LogP contribution in [0.25, 0.3) is 0 Å². The van der Waals surface area contributed by atoms with Crippen LogP contribution in [0.3, 0.4) is 0 Å². The number of rotatable bonds is 5. The van der Waals surface area contributed by atoms with Crippen LogP contribution in [-0.2, 0) is 6.54 Å². The highest BCUT2D eigenvalue weighted by atomic mass is 79.9. The highest BCUT2D eigenvalue weighted by molar-refractivity contribution is 9.09. The van der Waals surface area contributed by atoms with Gasteiger partial charge in [0.1, 0.15) is 5.82 Å². The predicted octanol–water partition coefficient (Wildman–Crippen LogP) is 3.58. The zero-order chi connectivity index (χ0) is 12.9. The molecule has 0 aliphatic rings. The summed E-state index contributed by atoms with van der Waals surface area (Å²) >= 11 is 3.09. The third-order valence-corrected chi connectivity index (χ3v) is 2.51. The molecule has 0 saturated carbocycles. The van der Waals surface area contributed by atoms with Crippen molar-refractivity contribution in [2.75, 3.05) is 18.4 Å². The van der Waals surface area contributed by atoms with Crippen LogP contribution in [0.2, 0.25) is 0 Å². The summed E-state index contributed by atoms with van der Waals surface area (Å²) in [4.78, 5) is 1.16. The molecular weight excluding hydrogens is 302 g/mol. The average molecular weight is 314 g/mol.